The van der Waals surface area contributed by atoms with Gasteiger partial charge in [0.25, 0.3) is 5.91 Å². The zero-order chi connectivity index (χ0) is 20.5. The molecule has 0 spiro atoms. The molecule has 0 aliphatic rings. The Morgan fingerprint density at radius 3 is 2.33 bits per heavy atom. The summed E-state index contributed by atoms with van der Waals surface area (Å²) in [6.07, 6.45) is 0. The molecular formula is C19H22ClFN2O3S. The van der Waals surface area contributed by atoms with Crippen LogP contribution in [0, 0.1) is 19.7 Å². The molecule has 0 aliphatic heterocycles. The van der Waals surface area contributed by atoms with Gasteiger partial charge in [-0.25, -0.2) is 17.1 Å². The smallest absolute Gasteiger partial charge is 0.253 e. The number of aryl methyl sites for hydroxylation is 1. The number of rotatable bonds is 5. The molecule has 0 radical (unpaired) electrons. The normalized spacial score (nSPS) is 11.7. The monoisotopic (exact) mass is 412 g/mol. The molecule has 0 N–H and O–H groups in total. The lowest BCUT2D eigenvalue weighted by molar-refractivity contribution is 0.0783. The third kappa shape index (κ3) is 4.31. The Kier molecular flexibility index (Phi) is 6.29. The minimum atomic E-state index is -3.70. The van der Waals surface area contributed by atoms with E-state index in [-0.39, 0.29) is 27.6 Å². The maximum absolute atomic E-state index is 14.0. The first-order chi connectivity index (χ1) is 12.5. The predicted molar refractivity (Wildman–Crippen MR) is 104 cm³/mol. The number of halogens is 2. The lowest BCUT2D eigenvalue weighted by Gasteiger charge is -2.21. The maximum Gasteiger partial charge on any atom is 0.253 e. The molecule has 8 heteroatoms. The number of hydrogen-bond acceptors (Lipinski definition) is 3. The molecule has 0 aliphatic carbocycles. The summed E-state index contributed by atoms with van der Waals surface area (Å²) in [5, 5.41) is 0.227. The van der Waals surface area contributed by atoms with E-state index >= 15 is 0 Å². The second-order valence-corrected chi connectivity index (χ2v) is 9.09. The van der Waals surface area contributed by atoms with Gasteiger partial charge in [0, 0.05) is 43.8 Å². The summed E-state index contributed by atoms with van der Waals surface area (Å²) in [6, 6.07) is 7.31. The van der Waals surface area contributed by atoms with Crippen LogP contribution in [-0.4, -0.2) is 44.7 Å². The van der Waals surface area contributed by atoms with E-state index in [0.717, 1.165) is 4.31 Å². The van der Waals surface area contributed by atoms with Crippen LogP contribution in [0.5, 0.6) is 0 Å². The van der Waals surface area contributed by atoms with Crippen LogP contribution in [-0.2, 0) is 16.6 Å². The highest BCUT2D eigenvalue weighted by atomic mass is 35.5. The molecule has 0 aromatic heterocycles. The molecule has 0 saturated heterocycles. The van der Waals surface area contributed by atoms with Crippen LogP contribution in [0.25, 0.3) is 0 Å². The Morgan fingerprint density at radius 2 is 1.78 bits per heavy atom. The minimum absolute atomic E-state index is 0.0347. The Bertz CT molecular complexity index is 970. The number of nitrogens with zero attached hydrogens (tertiary/aromatic N) is 2. The van der Waals surface area contributed by atoms with Crippen molar-refractivity contribution in [1.82, 2.24) is 9.21 Å². The lowest BCUT2D eigenvalue weighted by Crippen LogP contribution is -2.28. The zero-order valence-electron chi connectivity index (χ0n) is 15.9. The second kappa shape index (κ2) is 7.96. The largest absolute Gasteiger partial charge is 0.337 e. The molecule has 2 rings (SSSR count). The van der Waals surface area contributed by atoms with Crippen LogP contribution in [0.4, 0.5) is 4.39 Å². The Balaban J connectivity index is 2.43. The van der Waals surface area contributed by atoms with Gasteiger partial charge in [0.05, 0.1) is 4.90 Å². The van der Waals surface area contributed by atoms with E-state index < -0.39 is 21.7 Å². The summed E-state index contributed by atoms with van der Waals surface area (Å²) < 4.78 is 40.2. The van der Waals surface area contributed by atoms with Gasteiger partial charge >= 0.3 is 0 Å². The molecule has 2 aromatic rings. The second-order valence-electron chi connectivity index (χ2n) is 6.57. The molecule has 0 fully saturated rings. The van der Waals surface area contributed by atoms with Crippen molar-refractivity contribution in [3.05, 3.63) is 63.4 Å². The van der Waals surface area contributed by atoms with Crippen LogP contribution < -0.4 is 0 Å². The summed E-state index contributed by atoms with van der Waals surface area (Å²) in [5.41, 5.74) is 1.69. The molecule has 2 aromatic carbocycles. The molecule has 0 saturated carbocycles. The van der Waals surface area contributed by atoms with E-state index in [1.807, 2.05) is 0 Å². The summed E-state index contributed by atoms with van der Waals surface area (Å²) in [4.78, 5) is 14.2. The number of sulfonamides is 1. The zero-order valence-corrected chi connectivity index (χ0v) is 17.4. The number of hydrogen-bond donors (Lipinski definition) is 0. The highest BCUT2D eigenvalue weighted by Gasteiger charge is 2.24. The van der Waals surface area contributed by atoms with Crippen molar-refractivity contribution < 1.29 is 17.6 Å². The summed E-state index contributed by atoms with van der Waals surface area (Å²) in [7, 11) is 0.683. The first-order valence-corrected chi connectivity index (χ1v) is 10.0. The molecule has 0 atom stereocenters. The van der Waals surface area contributed by atoms with Gasteiger partial charge in [-0.1, -0.05) is 17.7 Å². The number of amides is 1. The van der Waals surface area contributed by atoms with E-state index in [1.54, 1.807) is 26.0 Å². The van der Waals surface area contributed by atoms with Crippen LogP contribution in [0.1, 0.15) is 27.0 Å². The highest BCUT2D eigenvalue weighted by Crippen LogP contribution is 2.25. The molecule has 0 heterocycles. The van der Waals surface area contributed by atoms with Crippen molar-refractivity contribution in [2.75, 3.05) is 21.1 Å². The van der Waals surface area contributed by atoms with Crippen molar-refractivity contribution in [1.29, 1.82) is 0 Å². The van der Waals surface area contributed by atoms with Gasteiger partial charge in [-0.15, -0.1) is 0 Å². The average molecular weight is 413 g/mol. The molecule has 1 amide bonds. The van der Waals surface area contributed by atoms with E-state index in [2.05, 4.69) is 0 Å². The number of carbonyl (C=O) groups is 1. The maximum atomic E-state index is 14.0. The molecule has 0 bridgehead atoms. The Morgan fingerprint density at radius 1 is 1.15 bits per heavy atom. The summed E-state index contributed by atoms with van der Waals surface area (Å²) >= 11 is 6.03. The predicted octanol–water partition coefficient (Wildman–Crippen LogP) is 3.62. The third-order valence-corrected chi connectivity index (χ3v) is 6.72. The third-order valence-electron chi connectivity index (χ3n) is 4.43. The van der Waals surface area contributed by atoms with Crippen molar-refractivity contribution in [3.8, 4) is 0 Å². The fourth-order valence-electron chi connectivity index (χ4n) is 2.63. The lowest BCUT2D eigenvalue weighted by atomic mass is 10.1. The van der Waals surface area contributed by atoms with Gasteiger partial charge < -0.3 is 4.90 Å². The SMILES string of the molecule is Cc1cc(C(=O)N(C)Cc2c(F)cccc2Cl)cc(S(=O)(=O)N(C)C)c1C. The highest BCUT2D eigenvalue weighted by molar-refractivity contribution is 7.89. The van der Waals surface area contributed by atoms with Crippen molar-refractivity contribution >= 4 is 27.5 Å². The van der Waals surface area contributed by atoms with E-state index in [4.69, 9.17) is 11.6 Å². The van der Waals surface area contributed by atoms with Gasteiger partial charge in [0.2, 0.25) is 10.0 Å². The van der Waals surface area contributed by atoms with Crippen molar-refractivity contribution in [3.63, 3.8) is 0 Å². The first kappa shape index (κ1) is 21.3. The van der Waals surface area contributed by atoms with Gasteiger partial charge in [-0.05, 0) is 49.2 Å². The van der Waals surface area contributed by atoms with Crippen LogP contribution in [0.15, 0.2) is 35.2 Å². The number of benzene rings is 2. The van der Waals surface area contributed by atoms with Crippen LogP contribution in [0.2, 0.25) is 5.02 Å². The van der Waals surface area contributed by atoms with Gasteiger partial charge in [-0.2, -0.15) is 0 Å². The fraction of sp³-hybridized carbons (Fsp3) is 0.316. The summed E-state index contributed by atoms with van der Waals surface area (Å²) in [6.45, 7) is 3.41. The van der Waals surface area contributed by atoms with Gasteiger partial charge in [0.15, 0.2) is 0 Å². The minimum Gasteiger partial charge on any atom is -0.337 e. The quantitative estimate of drug-likeness (QED) is 0.753. The van der Waals surface area contributed by atoms with Crippen LogP contribution in [0.3, 0.4) is 0 Å². The molecule has 146 valence electrons. The Labute approximate surface area is 164 Å². The standard InChI is InChI=1S/C19H22ClFN2O3S/c1-12-9-14(10-18(13(12)2)27(25,26)22(3)4)19(24)23(5)11-15-16(20)7-6-8-17(15)21/h6-10H,11H2,1-5H3. The van der Waals surface area contributed by atoms with Crippen molar-refractivity contribution in [2.45, 2.75) is 25.3 Å². The van der Waals surface area contributed by atoms with Gasteiger partial charge in [0.1, 0.15) is 5.82 Å². The van der Waals surface area contributed by atoms with Gasteiger partial charge in [-0.3, -0.25) is 4.79 Å². The van der Waals surface area contributed by atoms with Crippen LogP contribution >= 0.6 is 11.6 Å². The first-order valence-electron chi connectivity index (χ1n) is 8.19. The topological polar surface area (TPSA) is 57.7 Å². The van der Waals surface area contributed by atoms with E-state index in [0.29, 0.717) is 11.1 Å². The molecule has 0 unspecified atom stereocenters. The average Bonchev–Trinajstić information content (AvgIpc) is 2.59. The summed E-state index contributed by atoms with van der Waals surface area (Å²) in [5.74, 6) is -0.925. The van der Waals surface area contributed by atoms with E-state index in [9.17, 15) is 17.6 Å². The van der Waals surface area contributed by atoms with E-state index in [1.165, 1.54) is 44.2 Å². The van der Waals surface area contributed by atoms with Crippen molar-refractivity contribution in [2.24, 2.45) is 0 Å². The molecule has 5 nitrogen and oxygen atoms in total. The number of carbonyl (C=O) groups excluding carboxylic acids is 1. The Hall–Kier alpha value is -1.96. The fourth-order valence-corrected chi connectivity index (χ4v) is 4.07. The molecular weight excluding hydrogens is 391 g/mol. The molecule has 27 heavy (non-hydrogen) atoms.